The molecule has 0 aliphatic rings. The molecule has 0 aliphatic heterocycles. The van der Waals surface area contributed by atoms with Crippen molar-refractivity contribution in [1.29, 1.82) is 0 Å². The topological polar surface area (TPSA) is 58.2 Å². The highest BCUT2D eigenvalue weighted by Crippen LogP contribution is 2.33. The van der Waals surface area contributed by atoms with Crippen molar-refractivity contribution in [2.45, 2.75) is 26.4 Å². The van der Waals surface area contributed by atoms with Gasteiger partial charge in [0.05, 0.1) is 22.8 Å². The number of hydrogen-bond acceptors (Lipinski definition) is 2. The van der Waals surface area contributed by atoms with Gasteiger partial charge in [0, 0.05) is 6.42 Å². The summed E-state index contributed by atoms with van der Waals surface area (Å²) < 4.78 is 37.8. The van der Waals surface area contributed by atoms with Crippen LogP contribution in [0.4, 0.5) is 18.9 Å². The summed E-state index contributed by atoms with van der Waals surface area (Å²) in [5, 5.41) is 4.61. The minimum Gasteiger partial charge on any atom is -0.347 e. The van der Waals surface area contributed by atoms with Crippen LogP contribution in [0.25, 0.3) is 0 Å². The predicted molar refractivity (Wildman–Crippen MR) is 77.5 cm³/mol. The monoisotopic (exact) mass is 336 g/mol. The van der Waals surface area contributed by atoms with Crippen molar-refractivity contribution in [2.75, 3.05) is 11.9 Å². The van der Waals surface area contributed by atoms with E-state index in [1.165, 1.54) is 0 Å². The van der Waals surface area contributed by atoms with Crippen LogP contribution in [0.5, 0.6) is 0 Å². The summed E-state index contributed by atoms with van der Waals surface area (Å²) in [5.74, 6) is -0.820. The van der Waals surface area contributed by atoms with Crippen LogP contribution in [0, 0.1) is 5.92 Å². The first-order chi connectivity index (χ1) is 10.1. The Labute approximate surface area is 131 Å². The molecule has 122 valence electrons. The van der Waals surface area contributed by atoms with Crippen molar-refractivity contribution in [2.24, 2.45) is 5.92 Å². The third-order valence-corrected chi connectivity index (χ3v) is 2.94. The molecule has 0 saturated carbocycles. The SMILES string of the molecule is CC(C)CC(=O)NCC(=O)Nc1cc(C(F)(F)F)ccc1Cl. The number of anilines is 1. The van der Waals surface area contributed by atoms with Gasteiger partial charge in [0.2, 0.25) is 11.8 Å². The second kappa shape index (κ2) is 7.49. The Morgan fingerprint density at radius 3 is 2.41 bits per heavy atom. The molecule has 4 nitrogen and oxygen atoms in total. The lowest BCUT2D eigenvalue weighted by Crippen LogP contribution is -2.33. The average molecular weight is 337 g/mol. The summed E-state index contributed by atoms with van der Waals surface area (Å²) in [4.78, 5) is 23.0. The maximum absolute atomic E-state index is 12.6. The van der Waals surface area contributed by atoms with Gasteiger partial charge in [-0.05, 0) is 24.1 Å². The zero-order valence-corrected chi connectivity index (χ0v) is 12.8. The summed E-state index contributed by atoms with van der Waals surface area (Å²) >= 11 is 5.75. The van der Waals surface area contributed by atoms with Gasteiger partial charge in [0.15, 0.2) is 0 Å². The number of hydrogen-bond donors (Lipinski definition) is 2. The minimum absolute atomic E-state index is 0.0187. The molecule has 0 spiro atoms. The van der Waals surface area contributed by atoms with E-state index < -0.39 is 17.6 Å². The summed E-state index contributed by atoms with van der Waals surface area (Å²) in [6, 6.07) is 2.62. The Morgan fingerprint density at radius 1 is 1.23 bits per heavy atom. The van der Waals surface area contributed by atoms with Crippen LogP contribution in [0.3, 0.4) is 0 Å². The first-order valence-electron chi connectivity index (χ1n) is 6.53. The number of carbonyl (C=O) groups is 2. The quantitative estimate of drug-likeness (QED) is 0.865. The number of benzene rings is 1. The highest BCUT2D eigenvalue weighted by Gasteiger charge is 2.31. The van der Waals surface area contributed by atoms with Gasteiger partial charge >= 0.3 is 6.18 Å². The van der Waals surface area contributed by atoms with Crippen LogP contribution in [-0.4, -0.2) is 18.4 Å². The zero-order chi connectivity index (χ0) is 16.9. The first kappa shape index (κ1) is 18.3. The third-order valence-electron chi connectivity index (χ3n) is 2.61. The molecule has 2 amide bonds. The van der Waals surface area contributed by atoms with Gasteiger partial charge in [0.25, 0.3) is 0 Å². The molecule has 1 rings (SSSR count). The summed E-state index contributed by atoms with van der Waals surface area (Å²) in [5.41, 5.74) is -1.07. The van der Waals surface area contributed by atoms with Crippen molar-refractivity contribution in [3.8, 4) is 0 Å². The summed E-state index contributed by atoms with van der Waals surface area (Å²) in [6.07, 6.45) is -4.27. The van der Waals surface area contributed by atoms with Gasteiger partial charge in [-0.25, -0.2) is 0 Å². The maximum Gasteiger partial charge on any atom is 0.416 e. The Hall–Kier alpha value is -1.76. The Bertz CT molecular complexity index is 560. The van der Waals surface area contributed by atoms with Gasteiger partial charge in [-0.1, -0.05) is 25.4 Å². The van der Waals surface area contributed by atoms with E-state index in [2.05, 4.69) is 10.6 Å². The zero-order valence-electron chi connectivity index (χ0n) is 12.1. The Morgan fingerprint density at radius 2 is 1.86 bits per heavy atom. The van der Waals surface area contributed by atoms with E-state index in [-0.39, 0.29) is 35.5 Å². The fourth-order valence-electron chi connectivity index (χ4n) is 1.61. The Balaban J connectivity index is 2.66. The molecule has 0 heterocycles. The third kappa shape index (κ3) is 5.93. The molecule has 1 aromatic carbocycles. The second-order valence-corrected chi connectivity index (χ2v) is 5.52. The lowest BCUT2D eigenvalue weighted by molar-refractivity contribution is -0.137. The van der Waals surface area contributed by atoms with E-state index in [9.17, 15) is 22.8 Å². The molecule has 8 heteroatoms. The summed E-state index contributed by atoms with van der Waals surface area (Å²) in [6.45, 7) is 3.36. The molecule has 0 bridgehead atoms. The van der Waals surface area contributed by atoms with Crippen LogP contribution < -0.4 is 10.6 Å². The van der Waals surface area contributed by atoms with Crippen LogP contribution >= 0.6 is 11.6 Å². The number of alkyl halides is 3. The molecule has 0 atom stereocenters. The van der Waals surface area contributed by atoms with Crippen molar-refractivity contribution in [1.82, 2.24) is 5.32 Å². The van der Waals surface area contributed by atoms with Crippen molar-refractivity contribution in [3.63, 3.8) is 0 Å². The fraction of sp³-hybridized carbons (Fsp3) is 0.429. The fourth-order valence-corrected chi connectivity index (χ4v) is 1.78. The molecule has 0 unspecified atom stereocenters. The molecule has 1 aromatic rings. The average Bonchev–Trinajstić information content (AvgIpc) is 2.37. The van der Waals surface area contributed by atoms with Gasteiger partial charge in [0.1, 0.15) is 0 Å². The highest BCUT2D eigenvalue weighted by atomic mass is 35.5. The van der Waals surface area contributed by atoms with E-state index in [1.807, 2.05) is 13.8 Å². The first-order valence-corrected chi connectivity index (χ1v) is 6.90. The predicted octanol–water partition coefficient (Wildman–Crippen LogP) is 3.46. The van der Waals surface area contributed by atoms with Crippen LogP contribution in [0.1, 0.15) is 25.8 Å². The van der Waals surface area contributed by atoms with Crippen molar-refractivity contribution >= 4 is 29.1 Å². The summed E-state index contributed by atoms with van der Waals surface area (Å²) in [7, 11) is 0. The standard InChI is InChI=1S/C14H16ClF3N2O2/c1-8(2)5-12(21)19-7-13(22)20-11-6-9(14(16,17)18)3-4-10(11)15/h3-4,6,8H,5,7H2,1-2H3,(H,19,21)(H,20,22). The molecule has 0 saturated heterocycles. The van der Waals surface area contributed by atoms with E-state index >= 15 is 0 Å². The van der Waals surface area contributed by atoms with Gasteiger partial charge < -0.3 is 10.6 Å². The number of halogens is 4. The van der Waals surface area contributed by atoms with Crippen molar-refractivity contribution in [3.05, 3.63) is 28.8 Å². The molecule has 2 N–H and O–H groups in total. The maximum atomic E-state index is 12.6. The molecular formula is C14H16ClF3N2O2. The largest absolute Gasteiger partial charge is 0.416 e. The van der Waals surface area contributed by atoms with Crippen molar-refractivity contribution < 1.29 is 22.8 Å². The second-order valence-electron chi connectivity index (χ2n) is 5.12. The minimum atomic E-state index is -4.53. The van der Waals surface area contributed by atoms with Gasteiger partial charge in [-0.15, -0.1) is 0 Å². The molecule has 0 fully saturated rings. The smallest absolute Gasteiger partial charge is 0.347 e. The molecule has 0 radical (unpaired) electrons. The number of rotatable bonds is 5. The normalized spacial score (nSPS) is 11.4. The lowest BCUT2D eigenvalue weighted by atomic mass is 10.1. The van der Waals surface area contributed by atoms with E-state index in [0.717, 1.165) is 18.2 Å². The van der Waals surface area contributed by atoms with Gasteiger partial charge in [-0.3, -0.25) is 9.59 Å². The van der Waals surface area contributed by atoms with Crippen LogP contribution in [0.2, 0.25) is 5.02 Å². The molecular weight excluding hydrogens is 321 g/mol. The van der Waals surface area contributed by atoms with Crippen LogP contribution in [0.15, 0.2) is 18.2 Å². The number of carbonyl (C=O) groups excluding carboxylic acids is 2. The molecule has 0 aromatic heterocycles. The lowest BCUT2D eigenvalue weighted by Gasteiger charge is -2.12. The highest BCUT2D eigenvalue weighted by molar-refractivity contribution is 6.33. The van der Waals surface area contributed by atoms with Crippen LogP contribution in [-0.2, 0) is 15.8 Å². The Kier molecular flexibility index (Phi) is 6.22. The number of amides is 2. The molecule has 22 heavy (non-hydrogen) atoms. The van der Waals surface area contributed by atoms with Gasteiger partial charge in [-0.2, -0.15) is 13.2 Å². The van der Waals surface area contributed by atoms with E-state index in [1.54, 1.807) is 0 Å². The van der Waals surface area contributed by atoms with E-state index in [0.29, 0.717) is 0 Å². The van der Waals surface area contributed by atoms with E-state index in [4.69, 9.17) is 11.6 Å². The number of nitrogens with one attached hydrogen (secondary N) is 2. The molecule has 0 aliphatic carbocycles.